The average Bonchev–Trinajstić information content (AvgIpc) is 2.34. The van der Waals surface area contributed by atoms with E-state index >= 15 is 0 Å². The van der Waals surface area contributed by atoms with Gasteiger partial charge in [0.05, 0.1) is 12.8 Å². The number of hydrogen-bond donors (Lipinski definition) is 7. The summed E-state index contributed by atoms with van der Waals surface area (Å²) < 4.78 is 0. The molecule has 0 radical (unpaired) electrons. The Hall–Kier alpha value is -1.75. The van der Waals surface area contributed by atoms with E-state index in [0.717, 1.165) is 0 Å². The summed E-state index contributed by atoms with van der Waals surface area (Å²) in [5.41, 5.74) is 10.8. The van der Waals surface area contributed by atoms with Crippen molar-refractivity contribution in [2.75, 3.05) is 21.1 Å². The molecule has 116 valence electrons. The van der Waals surface area contributed by atoms with Gasteiger partial charge < -0.3 is 37.6 Å². The predicted molar refractivity (Wildman–Crippen MR) is 67.4 cm³/mol. The van der Waals surface area contributed by atoms with Crippen LogP contribution in [0.25, 0.3) is 0 Å². The van der Waals surface area contributed by atoms with Gasteiger partial charge in [-0.1, -0.05) is 0 Å². The Balaban J connectivity index is -0.000000163. The molecule has 0 unspecified atom stereocenters. The summed E-state index contributed by atoms with van der Waals surface area (Å²) in [7, 11) is 4.50. The van der Waals surface area contributed by atoms with Crippen molar-refractivity contribution in [3.05, 3.63) is 0 Å². The van der Waals surface area contributed by atoms with Gasteiger partial charge in [-0.2, -0.15) is 0 Å². The van der Waals surface area contributed by atoms with E-state index in [2.05, 4.69) is 17.2 Å². The van der Waals surface area contributed by atoms with E-state index in [4.69, 9.17) is 20.4 Å². The highest BCUT2D eigenvalue weighted by atomic mass is 16.4. The Kier molecular flexibility index (Phi) is 22.2. The zero-order valence-electron chi connectivity index (χ0n) is 11.2. The smallest absolute Gasteiger partial charge is 0.336 e. The maximum Gasteiger partial charge on any atom is 0.336 e. The van der Waals surface area contributed by atoms with E-state index in [0.29, 0.717) is 0 Å². The Morgan fingerprint density at radius 2 is 1.00 bits per heavy atom. The summed E-state index contributed by atoms with van der Waals surface area (Å²) in [6.45, 7) is 0. The standard InChI is InChI=1S/C6H8O7.3CH5N/c7-3(8)1-6(13,5(11)12)2-4(9)10;3*1-2/h13H,1-2H2,(H,7,8)(H,9,10)(H,11,12);3*2H2,1H3. The van der Waals surface area contributed by atoms with Crippen LogP contribution in [0.3, 0.4) is 0 Å². The van der Waals surface area contributed by atoms with E-state index in [1.165, 1.54) is 21.1 Å². The van der Waals surface area contributed by atoms with E-state index in [9.17, 15) is 14.4 Å². The molecule has 0 aliphatic carbocycles. The van der Waals surface area contributed by atoms with Crippen LogP contribution in [-0.4, -0.2) is 65.1 Å². The van der Waals surface area contributed by atoms with Crippen LogP contribution < -0.4 is 17.2 Å². The Morgan fingerprint density at radius 1 is 0.789 bits per heavy atom. The molecule has 0 aromatic heterocycles. The monoisotopic (exact) mass is 285 g/mol. The third-order valence-electron chi connectivity index (χ3n) is 1.29. The fourth-order valence-electron chi connectivity index (χ4n) is 0.714. The molecule has 0 aromatic carbocycles. The molecule has 0 heterocycles. The van der Waals surface area contributed by atoms with Crippen molar-refractivity contribution in [2.45, 2.75) is 18.4 Å². The summed E-state index contributed by atoms with van der Waals surface area (Å²) >= 11 is 0. The largest absolute Gasteiger partial charge is 0.481 e. The fraction of sp³-hybridized carbons (Fsp3) is 0.667. The number of carbonyl (C=O) groups is 3. The van der Waals surface area contributed by atoms with Crippen molar-refractivity contribution < 1.29 is 34.8 Å². The van der Waals surface area contributed by atoms with Crippen LogP contribution in [0.2, 0.25) is 0 Å². The molecule has 0 rings (SSSR count). The van der Waals surface area contributed by atoms with Gasteiger partial charge in [-0.3, -0.25) is 9.59 Å². The Labute approximate surface area is 110 Å². The topological polar surface area (TPSA) is 210 Å². The van der Waals surface area contributed by atoms with Gasteiger partial charge in [0.25, 0.3) is 0 Å². The maximum absolute atomic E-state index is 10.3. The Bertz CT molecular complexity index is 242. The van der Waals surface area contributed by atoms with E-state index in [-0.39, 0.29) is 0 Å². The number of aliphatic carboxylic acids is 3. The second-order valence-electron chi connectivity index (χ2n) is 2.48. The third kappa shape index (κ3) is 16.2. The average molecular weight is 285 g/mol. The van der Waals surface area contributed by atoms with Crippen LogP contribution in [0.15, 0.2) is 0 Å². The molecule has 0 atom stereocenters. The number of nitrogens with two attached hydrogens (primary N) is 3. The third-order valence-corrected chi connectivity index (χ3v) is 1.29. The van der Waals surface area contributed by atoms with Gasteiger partial charge >= 0.3 is 17.9 Å². The first-order valence-corrected chi connectivity index (χ1v) is 4.90. The molecule has 0 aliphatic heterocycles. The van der Waals surface area contributed by atoms with Gasteiger partial charge in [-0.05, 0) is 21.1 Å². The SMILES string of the molecule is CN.CN.CN.O=C(O)CC(O)(CC(=O)O)C(=O)O. The van der Waals surface area contributed by atoms with E-state index < -0.39 is 36.4 Å². The molecule has 0 saturated carbocycles. The first kappa shape index (κ1) is 25.9. The first-order chi connectivity index (χ1) is 8.78. The highest BCUT2D eigenvalue weighted by molar-refractivity contribution is 5.88. The summed E-state index contributed by atoms with van der Waals surface area (Å²) in [6.07, 6.45) is -2.29. The van der Waals surface area contributed by atoms with Crippen molar-refractivity contribution in [3.8, 4) is 0 Å². The zero-order valence-corrected chi connectivity index (χ0v) is 11.2. The molecule has 0 saturated heterocycles. The minimum Gasteiger partial charge on any atom is -0.481 e. The molecule has 10 N–H and O–H groups in total. The normalized spacial score (nSPS) is 8.37. The lowest BCUT2D eigenvalue weighted by Gasteiger charge is -2.18. The van der Waals surface area contributed by atoms with Crippen molar-refractivity contribution >= 4 is 17.9 Å². The van der Waals surface area contributed by atoms with Crippen LogP contribution in [0, 0.1) is 0 Å². The number of carboxylic acids is 3. The molecule has 10 nitrogen and oxygen atoms in total. The number of hydrogen-bond acceptors (Lipinski definition) is 7. The van der Waals surface area contributed by atoms with Gasteiger partial charge in [0.2, 0.25) is 0 Å². The summed E-state index contributed by atoms with van der Waals surface area (Å²) in [5, 5.41) is 33.8. The molecule has 0 bridgehead atoms. The number of carboxylic acid groups (broad SMARTS) is 3. The Morgan fingerprint density at radius 3 is 1.11 bits per heavy atom. The molecule has 0 amide bonds. The molecule has 0 aliphatic rings. The second-order valence-corrected chi connectivity index (χ2v) is 2.48. The van der Waals surface area contributed by atoms with Gasteiger partial charge in [0, 0.05) is 0 Å². The maximum atomic E-state index is 10.3. The zero-order chi connectivity index (χ0) is 16.6. The lowest BCUT2D eigenvalue weighted by molar-refractivity contribution is -0.170. The van der Waals surface area contributed by atoms with Crippen LogP contribution in [0.1, 0.15) is 12.8 Å². The van der Waals surface area contributed by atoms with Crippen molar-refractivity contribution in [3.63, 3.8) is 0 Å². The summed E-state index contributed by atoms with van der Waals surface area (Å²) in [4.78, 5) is 30.5. The van der Waals surface area contributed by atoms with E-state index in [1.54, 1.807) is 0 Å². The number of rotatable bonds is 5. The molecule has 19 heavy (non-hydrogen) atoms. The summed E-state index contributed by atoms with van der Waals surface area (Å²) in [5.74, 6) is -5.02. The van der Waals surface area contributed by atoms with Crippen molar-refractivity contribution in [1.82, 2.24) is 0 Å². The molecule has 10 heteroatoms. The minimum absolute atomic E-state index is 1.14. The highest BCUT2D eigenvalue weighted by Gasteiger charge is 2.40. The van der Waals surface area contributed by atoms with Crippen LogP contribution in [-0.2, 0) is 14.4 Å². The highest BCUT2D eigenvalue weighted by Crippen LogP contribution is 2.15. The lowest BCUT2D eigenvalue weighted by atomic mass is 9.96. The molecule has 0 fully saturated rings. The van der Waals surface area contributed by atoms with E-state index in [1.807, 2.05) is 0 Å². The number of aliphatic hydroxyl groups is 1. The van der Waals surface area contributed by atoms with Crippen molar-refractivity contribution in [1.29, 1.82) is 0 Å². The van der Waals surface area contributed by atoms with Gasteiger partial charge in [-0.25, -0.2) is 4.79 Å². The first-order valence-electron chi connectivity index (χ1n) is 4.90. The van der Waals surface area contributed by atoms with Crippen molar-refractivity contribution in [2.24, 2.45) is 17.2 Å². The molecular formula is C9H23N3O7. The van der Waals surface area contributed by atoms with Gasteiger partial charge in [-0.15, -0.1) is 0 Å². The fourth-order valence-corrected chi connectivity index (χ4v) is 0.714. The van der Waals surface area contributed by atoms with Crippen LogP contribution in [0.5, 0.6) is 0 Å². The quantitative estimate of drug-likeness (QED) is 0.281. The minimum atomic E-state index is -2.74. The lowest BCUT2D eigenvalue weighted by Crippen LogP contribution is -2.42. The van der Waals surface area contributed by atoms with Crippen LogP contribution >= 0.6 is 0 Å². The molecular weight excluding hydrogens is 262 g/mol. The van der Waals surface area contributed by atoms with Crippen LogP contribution in [0.4, 0.5) is 0 Å². The van der Waals surface area contributed by atoms with Gasteiger partial charge in [0.15, 0.2) is 5.60 Å². The second kappa shape index (κ2) is 16.2. The molecule has 0 aromatic rings. The summed E-state index contributed by atoms with van der Waals surface area (Å²) in [6, 6.07) is 0. The van der Waals surface area contributed by atoms with Gasteiger partial charge in [0.1, 0.15) is 0 Å². The molecule has 0 spiro atoms. The predicted octanol–water partition coefficient (Wildman–Crippen LogP) is -2.52.